The summed E-state index contributed by atoms with van der Waals surface area (Å²) < 4.78 is 10.5. The van der Waals surface area contributed by atoms with Crippen molar-refractivity contribution in [2.45, 2.75) is 6.42 Å². The van der Waals surface area contributed by atoms with Gasteiger partial charge in [-0.15, -0.1) is 0 Å². The summed E-state index contributed by atoms with van der Waals surface area (Å²) in [7, 11) is -4.06. The third kappa shape index (κ3) is 3.83. The van der Waals surface area contributed by atoms with Gasteiger partial charge in [0.2, 0.25) is 0 Å². The summed E-state index contributed by atoms with van der Waals surface area (Å²) in [5.41, 5.74) is 0.487. The molecule has 5 heteroatoms. The van der Waals surface area contributed by atoms with Gasteiger partial charge in [-0.05, 0) is 0 Å². The molecule has 0 aromatic heterocycles. The summed E-state index contributed by atoms with van der Waals surface area (Å²) in [5, 5.41) is 0. The summed E-state index contributed by atoms with van der Waals surface area (Å²) in [4.78, 5) is 28.5. The van der Waals surface area contributed by atoms with Crippen molar-refractivity contribution in [1.82, 2.24) is 0 Å². The molecule has 0 aliphatic heterocycles. The zero-order chi connectivity index (χ0) is 10.6. The number of rotatable bonds is 4. The van der Waals surface area contributed by atoms with Gasteiger partial charge in [0.05, 0.1) is 6.16 Å². The Bertz CT molecular complexity index is 354. The molecule has 1 aromatic rings. The molecule has 0 unspecified atom stereocenters. The van der Waals surface area contributed by atoms with Crippen molar-refractivity contribution in [3.8, 4) is 0 Å². The molecular weight excluding hydrogens is 203 g/mol. The SMILES string of the molecule is O=C(CCP(=O)(O)O)c1ccccc1. The predicted molar refractivity (Wildman–Crippen MR) is 52.3 cm³/mol. The van der Waals surface area contributed by atoms with Crippen LogP contribution in [-0.4, -0.2) is 21.7 Å². The van der Waals surface area contributed by atoms with Crippen molar-refractivity contribution >= 4 is 13.4 Å². The van der Waals surface area contributed by atoms with E-state index in [1.54, 1.807) is 30.3 Å². The molecule has 4 nitrogen and oxygen atoms in total. The molecule has 0 saturated heterocycles. The number of carbonyl (C=O) groups is 1. The Morgan fingerprint density at radius 3 is 2.29 bits per heavy atom. The lowest BCUT2D eigenvalue weighted by molar-refractivity contribution is 0.0986. The normalized spacial score (nSPS) is 11.3. The van der Waals surface area contributed by atoms with E-state index in [1.807, 2.05) is 0 Å². The molecule has 0 heterocycles. The van der Waals surface area contributed by atoms with Crippen LogP contribution in [0.4, 0.5) is 0 Å². The first-order valence-corrected chi connectivity index (χ1v) is 5.91. The molecular formula is C9H11O4P. The van der Waals surface area contributed by atoms with E-state index in [0.29, 0.717) is 5.56 Å². The predicted octanol–water partition coefficient (Wildman–Crippen LogP) is 1.44. The Morgan fingerprint density at radius 2 is 1.79 bits per heavy atom. The van der Waals surface area contributed by atoms with Crippen LogP contribution >= 0.6 is 7.60 Å². The maximum atomic E-state index is 11.3. The highest BCUT2D eigenvalue weighted by Gasteiger charge is 2.15. The van der Waals surface area contributed by atoms with Crippen LogP contribution in [0.2, 0.25) is 0 Å². The number of ketones is 1. The van der Waals surface area contributed by atoms with Crippen LogP contribution in [0.3, 0.4) is 0 Å². The second-order valence-electron chi connectivity index (χ2n) is 2.93. The average molecular weight is 214 g/mol. The van der Waals surface area contributed by atoms with E-state index in [1.165, 1.54) is 0 Å². The van der Waals surface area contributed by atoms with E-state index in [2.05, 4.69) is 0 Å². The molecule has 0 bridgehead atoms. The smallest absolute Gasteiger partial charge is 0.324 e. The van der Waals surface area contributed by atoms with Gasteiger partial charge < -0.3 is 9.79 Å². The van der Waals surface area contributed by atoms with Gasteiger partial charge in [0.15, 0.2) is 5.78 Å². The van der Waals surface area contributed by atoms with Gasteiger partial charge in [-0.2, -0.15) is 0 Å². The first-order chi connectivity index (χ1) is 6.49. The van der Waals surface area contributed by atoms with E-state index >= 15 is 0 Å². The lowest BCUT2D eigenvalue weighted by atomic mass is 10.1. The quantitative estimate of drug-likeness (QED) is 0.587. The lowest BCUT2D eigenvalue weighted by Crippen LogP contribution is -2.02. The largest absolute Gasteiger partial charge is 0.326 e. The fraction of sp³-hybridized carbons (Fsp3) is 0.222. The van der Waals surface area contributed by atoms with E-state index in [-0.39, 0.29) is 18.4 Å². The summed E-state index contributed by atoms with van der Waals surface area (Å²) in [5.74, 6) is -0.242. The van der Waals surface area contributed by atoms with Gasteiger partial charge in [0.1, 0.15) is 0 Å². The van der Waals surface area contributed by atoms with Crippen molar-refractivity contribution in [3.05, 3.63) is 35.9 Å². The molecule has 0 aliphatic rings. The van der Waals surface area contributed by atoms with Crippen molar-refractivity contribution < 1.29 is 19.1 Å². The molecule has 2 N–H and O–H groups in total. The standard InChI is InChI=1S/C9H11O4P/c10-9(6-7-14(11,12)13)8-4-2-1-3-5-8/h1-5H,6-7H2,(H2,11,12,13). The second kappa shape index (κ2) is 4.51. The molecule has 0 amide bonds. The van der Waals surface area contributed by atoms with Gasteiger partial charge in [-0.25, -0.2) is 0 Å². The molecule has 0 fully saturated rings. The third-order valence-electron chi connectivity index (χ3n) is 1.73. The van der Waals surface area contributed by atoms with Crippen molar-refractivity contribution in [2.24, 2.45) is 0 Å². The van der Waals surface area contributed by atoms with Crippen molar-refractivity contribution in [2.75, 3.05) is 6.16 Å². The molecule has 0 spiro atoms. The van der Waals surface area contributed by atoms with Gasteiger partial charge in [-0.3, -0.25) is 9.36 Å². The first kappa shape index (κ1) is 11.1. The highest BCUT2D eigenvalue weighted by atomic mass is 31.2. The molecule has 0 radical (unpaired) electrons. The summed E-state index contributed by atoms with van der Waals surface area (Å²) in [6, 6.07) is 8.46. The van der Waals surface area contributed by atoms with Crippen molar-refractivity contribution in [1.29, 1.82) is 0 Å². The fourth-order valence-electron chi connectivity index (χ4n) is 1.02. The average Bonchev–Trinajstić information content (AvgIpc) is 2.14. The molecule has 0 aliphatic carbocycles. The minimum atomic E-state index is -4.06. The van der Waals surface area contributed by atoms with Crippen LogP contribution in [0.5, 0.6) is 0 Å². The molecule has 76 valence electrons. The highest BCUT2D eigenvalue weighted by molar-refractivity contribution is 7.51. The van der Waals surface area contributed by atoms with Crippen LogP contribution in [0.15, 0.2) is 30.3 Å². The molecule has 1 rings (SSSR count). The number of hydrogen-bond donors (Lipinski definition) is 2. The van der Waals surface area contributed by atoms with E-state index in [4.69, 9.17) is 9.79 Å². The fourth-order valence-corrected chi connectivity index (χ4v) is 1.51. The number of benzene rings is 1. The summed E-state index contributed by atoms with van der Waals surface area (Å²) in [6.07, 6.45) is -0.505. The zero-order valence-corrected chi connectivity index (χ0v) is 8.35. The molecule has 14 heavy (non-hydrogen) atoms. The Labute approximate surface area is 81.7 Å². The zero-order valence-electron chi connectivity index (χ0n) is 7.46. The van der Waals surface area contributed by atoms with E-state index in [9.17, 15) is 9.36 Å². The van der Waals surface area contributed by atoms with Gasteiger partial charge >= 0.3 is 7.60 Å². The second-order valence-corrected chi connectivity index (χ2v) is 4.70. The van der Waals surface area contributed by atoms with Crippen LogP contribution in [-0.2, 0) is 4.57 Å². The minimum Gasteiger partial charge on any atom is -0.324 e. The van der Waals surface area contributed by atoms with Gasteiger partial charge in [-0.1, -0.05) is 30.3 Å². The van der Waals surface area contributed by atoms with Crippen LogP contribution in [0.25, 0.3) is 0 Å². The Hall–Kier alpha value is -0.960. The summed E-state index contributed by atoms with van der Waals surface area (Å²) >= 11 is 0. The Morgan fingerprint density at radius 1 is 1.21 bits per heavy atom. The first-order valence-electron chi connectivity index (χ1n) is 4.12. The topological polar surface area (TPSA) is 74.6 Å². The molecule has 0 saturated carbocycles. The number of Topliss-reactive ketones (excluding diaryl/α,β-unsaturated/α-hetero) is 1. The van der Waals surface area contributed by atoms with E-state index < -0.39 is 7.60 Å². The van der Waals surface area contributed by atoms with E-state index in [0.717, 1.165) is 0 Å². The number of hydrogen-bond acceptors (Lipinski definition) is 2. The number of carbonyl (C=O) groups excluding carboxylic acids is 1. The van der Waals surface area contributed by atoms with Gasteiger partial charge in [0.25, 0.3) is 0 Å². The van der Waals surface area contributed by atoms with Crippen molar-refractivity contribution in [3.63, 3.8) is 0 Å². The van der Waals surface area contributed by atoms with Crippen LogP contribution in [0.1, 0.15) is 16.8 Å². The highest BCUT2D eigenvalue weighted by Crippen LogP contribution is 2.35. The maximum absolute atomic E-state index is 11.3. The Kier molecular flexibility index (Phi) is 3.58. The van der Waals surface area contributed by atoms with Gasteiger partial charge in [0, 0.05) is 12.0 Å². The minimum absolute atomic E-state index is 0.117. The third-order valence-corrected chi connectivity index (χ3v) is 2.53. The summed E-state index contributed by atoms with van der Waals surface area (Å²) in [6.45, 7) is 0. The Balaban J connectivity index is 2.57. The van der Waals surface area contributed by atoms with Crippen LogP contribution in [0, 0.1) is 0 Å². The maximum Gasteiger partial charge on any atom is 0.326 e. The molecule has 0 atom stereocenters. The monoisotopic (exact) mass is 214 g/mol. The molecule has 1 aromatic carbocycles. The van der Waals surface area contributed by atoms with Crippen LogP contribution < -0.4 is 0 Å². The lowest BCUT2D eigenvalue weighted by Gasteiger charge is -2.02.